The van der Waals surface area contributed by atoms with Gasteiger partial charge >= 0.3 is 5.92 Å². The van der Waals surface area contributed by atoms with Crippen LogP contribution in [-0.2, 0) is 11.8 Å². The molecule has 2 unspecified atom stereocenters. The number of piperazine rings is 1. The molecule has 3 aromatic rings. The minimum atomic E-state index is -3.12. The highest BCUT2D eigenvalue weighted by Gasteiger charge is 2.51. The number of nitrogens with one attached hydrogen (secondary N) is 2. The lowest BCUT2D eigenvalue weighted by Crippen LogP contribution is -2.55. The van der Waals surface area contributed by atoms with Crippen molar-refractivity contribution in [2.24, 2.45) is 13.0 Å². The lowest BCUT2D eigenvalue weighted by Gasteiger charge is -2.40. The summed E-state index contributed by atoms with van der Waals surface area (Å²) in [5.74, 6) is -2.40. The summed E-state index contributed by atoms with van der Waals surface area (Å²) in [7, 11) is 1.59. The zero-order valence-corrected chi connectivity index (χ0v) is 23.4. The molecular weight excluding hydrogens is 556 g/mol. The highest BCUT2D eigenvalue weighted by atomic mass is 35.5. The van der Waals surface area contributed by atoms with Crippen molar-refractivity contribution < 1.29 is 18.3 Å². The van der Waals surface area contributed by atoms with E-state index in [0.29, 0.717) is 59.3 Å². The van der Waals surface area contributed by atoms with Gasteiger partial charge in [0.25, 0.3) is 5.56 Å². The second-order valence-corrected chi connectivity index (χ2v) is 11.9. The molecule has 3 atom stereocenters. The van der Waals surface area contributed by atoms with Crippen molar-refractivity contribution in [1.82, 2.24) is 19.4 Å². The summed E-state index contributed by atoms with van der Waals surface area (Å²) in [5, 5.41) is 7.15. The van der Waals surface area contributed by atoms with E-state index in [-0.39, 0.29) is 35.3 Å². The molecule has 13 heteroatoms. The number of benzene rings is 1. The predicted octanol–water partition coefficient (Wildman–Crippen LogP) is 4.14. The Morgan fingerprint density at radius 1 is 1.20 bits per heavy atom. The normalized spacial score (nSPS) is 24.9. The first kappa shape index (κ1) is 26.2. The molecule has 2 N–H and O–H groups in total. The number of likely N-dealkylation sites (tertiary alicyclic amines) is 1. The first-order valence-electron chi connectivity index (χ1n) is 13.9. The fourth-order valence-corrected chi connectivity index (χ4v) is 6.62. The predicted molar refractivity (Wildman–Crippen MR) is 152 cm³/mol. The zero-order valence-electron chi connectivity index (χ0n) is 22.7. The Hall–Kier alpha value is -3.67. The van der Waals surface area contributed by atoms with Crippen LogP contribution in [0.15, 0.2) is 29.2 Å². The Morgan fingerprint density at radius 3 is 2.61 bits per heavy atom. The maximum atomic E-state index is 15.0. The molecule has 2 saturated heterocycles. The van der Waals surface area contributed by atoms with Gasteiger partial charge in [0.2, 0.25) is 17.6 Å². The standard InChI is InChI=1S/C28H30ClF2N7O3/c1-14(39)37-11-17-6-7-18(12-37)38(17)27-32-10-20(29)25(35-27)33-16-5-8-21-19(9-16)22-23(26(40)36(21)2)41-13-28(30,31)24(34-22)15-3-4-15/h5,8-10,15,17-18,24,34H,3-4,6-7,11-13H2,1-2H3,(H,32,33,35)/t17?,18?,24-/m0/s1. The average molecular weight is 586 g/mol. The maximum absolute atomic E-state index is 15.0. The van der Waals surface area contributed by atoms with Crippen molar-refractivity contribution >= 4 is 51.6 Å². The van der Waals surface area contributed by atoms with Crippen molar-refractivity contribution in [3.8, 4) is 5.75 Å². The minimum Gasteiger partial charge on any atom is -0.480 e. The molecule has 7 rings (SSSR count). The highest BCUT2D eigenvalue weighted by Crippen LogP contribution is 2.46. The first-order chi connectivity index (χ1) is 19.6. The van der Waals surface area contributed by atoms with Crippen LogP contribution in [0.2, 0.25) is 5.02 Å². The van der Waals surface area contributed by atoms with Gasteiger partial charge in [-0.2, -0.15) is 4.98 Å². The van der Waals surface area contributed by atoms with Gasteiger partial charge in [0, 0.05) is 50.2 Å². The smallest absolute Gasteiger partial charge is 0.301 e. The van der Waals surface area contributed by atoms with E-state index >= 15 is 0 Å². The van der Waals surface area contributed by atoms with Gasteiger partial charge in [-0.1, -0.05) is 11.6 Å². The molecule has 2 bridgehead atoms. The molecule has 1 aromatic carbocycles. The molecule has 2 aromatic heterocycles. The molecule has 3 aliphatic heterocycles. The fourth-order valence-electron chi connectivity index (χ4n) is 6.48. The van der Waals surface area contributed by atoms with E-state index in [2.05, 4.69) is 20.5 Å². The number of hydrogen-bond acceptors (Lipinski definition) is 8. The van der Waals surface area contributed by atoms with E-state index in [0.717, 1.165) is 12.8 Å². The first-order valence-corrected chi connectivity index (χ1v) is 14.3. The van der Waals surface area contributed by atoms with Gasteiger partial charge < -0.3 is 29.7 Å². The number of rotatable bonds is 4. The van der Waals surface area contributed by atoms with Crippen LogP contribution in [0, 0.1) is 5.92 Å². The van der Waals surface area contributed by atoms with Crippen molar-refractivity contribution in [2.75, 3.05) is 35.2 Å². The number of pyridine rings is 1. The van der Waals surface area contributed by atoms with Gasteiger partial charge in [-0.3, -0.25) is 9.59 Å². The number of anilines is 4. The maximum Gasteiger partial charge on any atom is 0.301 e. The second kappa shape index (κ2) is 9.43. The number of aryl methyl sites for hydroxylation is 1. The molecule has 0 spiro atoms. The quantitative estimate of drug-likeness (QED) is 0.471. The molecule has 0 radical (unpaired) electrons. The third-order valence-corrected chi connectivity index (χ3v) is 9.04. The Morgan fingerprint density at radius 2 is 1.93 bits per heavy atom. The van der Waals surface area contributed by atoms with Crippen molar-refractivity contribution in [3.05, 3.63) is 39.8 Å². The monoisotopic (exact) mass is 585 g/mol. The van der Waals surface area contributed by atoms with Crippen LogP contribution >= 0.6 is 11.6 Å². The van der Waals surface area contributed by atoms with Gasteiger partial charge in [-0.25, -0.2) is 13.8 Å². The van der Waals surface area contributed by atoms with Gasteiger partial charge in [-0.15, -0.1) is 0 Å². The molecule has 41 heavy (non-hydrogen) atoms. The van der Waals surface area contributed by atoms with Crippen LogP contribution in [0.3, 0.4) is 0 Å². The zero-order chi connectivity index (χ0) is 28.6. The minimum absolute atomic E-state index is 0.0692. The van der Waals surface area contributed by atoms with Crippen LogP contribution in [0.1, 0.15) is 32.6 Å². The van der Waals surface area contributed by atoms with Crippen molar-refractivity contribution in [1.29, 1.82) is 0 Å². The van der Waals surface area contributed by atoms with Gasteiger partial charge in [-0.05, 0) is 49.8 Å². The van der Waals surface area contributed by atoms with Crippen LogP contribution < -0.4 is 25.8 Å². The van der Waals surface area contributed by atoms with Crippen molar-refractivity contribution in [2.45, 2.75) is 56.7 Å². The number of nitrogens with zero attached hydrogens (tertiary/aromatic N) is 5. The summed E-state index contributed by atoms with van der Waals surface area (Å²) in [6.07, 6.45) is 4.87. The average Bonchev–Trinajstić information content (AvgIpc) is 3.75. The summed E-state index contributed by atoms with van der Waals surface area (Å²) < 4.78 is 36.8. The SMILES string of the molecule is CC(=O)N1CC2CCC(C1)N2c1ncc(Cl)c(Nc2ccc3c(c2)c2c(c(=O)n3C)OCC(F)(F)[C@H](C3CC3)N2)n1. The molecule has 1 saturated carbocycles. The van der Waals surface area contributed by atoms with Gasteiger partial charge in [0.15, 0.2) is 12.4 Å². The number of carbonyl (C=O) groups excluding carboxylic acids is 1. The van der Waals surface area contributed by atoms with E-state index in [1.807, 2.05) is 4.90 Å². The Bertz CT molecular complexity index is 1610. The molecule has 216 valence electrons. The number of hydrogen-bond donors (Lipinski definition) is 2. The van der Waals surface area contributed by atoms with E-state index in [1.54, 1.807) is 38.4 Å². The van der Waals surface area contributed by atoms with Crippen LogP contribution in [0.4, 0.5) is 31.9 Å². The summed E-state index contributed by atoms with van der Waals surface area (Å²) in [6, 6.07) is 4.47. The molecule has 10 nitrogen and oxygen atoms in total. The van der Waals surface area contributed by atoms with E-state index in [1.165, 1.54) is 4.57 Å². The van der Waals surface area contributed by atoms with Gasteiger partial charge in [0.05, 0.1) is 23.4 Å². The number of amides is 1. The van der Waals surface area contributed by atoms with E-state index < -0.39 is 24.1 Å². The summed E-state index contributed by atoms with van der Waals surface area (Å²) in [6.45, 7) is 2.00. The van der Waals surface area contributed by atoms with Crippen LogP contribution in [0.5, 0.6) is 5.75 Å². The Labute approximate surface area is 239 Å². The summed E-state index contributed by atoms with van der Waals surface area (Å²) >= 11 is 6.51. The fraction of sp³-hybridized carbons (Fsp3) is 0.500. The van der Waals surface area contributed by atoms with Crippen LogP contribution in [0.25, 0.3) is 10.9 Å². The Balaban J connectivity index is 1.24. The lowest BCUT2D eigenvalue weighted by molar-refractivity contribution is -0.129. The number of alkyl halides is 2. The van der Waals surface area contributed by atoms with E-state index in [9.17, 15) is 18.4 Å². The number of fused-ring (bicyclic) bond motifs is 5. The molecule has 5 heterocycles. The highest BCUT2D eigenvalue weighted by molar-refractivity contribution is 6.33. The third-order valence-electron chi connectivity index (χ3n) is 8.76. The number of halogens is 3. The number of carbonyl (C=O) groups is 1. The Kier molecular flexibility index (Phi) is 6.04. The third kappa shape index (κ3) is 4.43. The van der Waals surface area contributed by atoms with E-state index in [4.69, 9.17) is 21.3 Å². The second-order valence-electron chi connectivity index (χ2n) is 11.5. The van der Waals surface area contributed by atoms with Crippen LogP contribution in [-0.4, -0.2) is 69.1 Å². The molecule has 1 amide bonds. The molecule has 3 fully saturated rings. The van der Waals surface area contributed by atoms with Crippen molar-refractivity contribution in [3.63, 3.8) is 0 Å². The molecular formula is C28H30ClF2N7O3. The largest absolute Gasteiger partial charge is 0.480 e. The topological polar surface area (TPSA) is 105 Å². The summed E-state index contributed by atoms with van der Waals surface area (Å²) in [4.78, 5) is 38.4. The van der Waals surface area contributed by atoms with Gasteiger partial charge in [0.1, 0.15) is 5.02 Å². The molecule has 4 aliphatic rings. The molecule has 1 aliphatic carbocycles. The lowest BCUT2D eigenvalue weighted by atomic mass is 10.0. The summed E-state index contributed by atoms with van der Waals surface area (Å²) in [5.41, 5.74) is 0.978. The number of aromatic nitrogens is 3. The number of ether oxygens (including phenoxy) is 1.